The molecular formula is C14H13NO4. The van der Waals surface area contributed by atoms with Gasteiger partial charge in [0, 0.05) is 12.6 Å². The second kappa shape index (κ2) is 5.39. The summed E-state index contributed by atoms with van der Waals surface area (Å²) in [6.07, 6.45) is 0.624. The zero-order valence-electron chi connectivity index (χ0n) is 10.6. The van der Waals surface area contributed by atoms with E-state index in [1.165, 1.54) is 7.11 Å². The molecule has 0 fully saturated rings. The van der Waals surface area contributed by atoms with Crippen LogP contribution in [0.3, 0.4) is 0 Å². The number of hydrogen-bond donors (Lipinski definition) is 1. The Hall–Kier alpha value is -2.56. The van der Waals surface area contributed by atoms with Gasteiger partial charge < -0.3 is 14.5 Å². The number of benzene rings is 1. The van der Waals surface area contributed by atoms with Crippen molar-refractivity contribution in [3.8, 4) is 17.1 Å². The van der Waals surface area contributed by atoms with Crippen molar-refractivity contribution in [2.45, 2.75) is 0 Å². The van der Waals surface area contributed by atoms with Crippen molar-refractivity contribution in [3.05, 3.63) is 41.7 Å². The molecule has 19 heavy (non-hydrogen) atoms. The van der Waals surface area contributed by atoms with Crippen LogP contribution in [-0.4, -0.2) is 26.4 Å². The summed E-state index contributed by atoms with van der Waals surface area (Å²) in [7, 11) is 3.09. The Morgan fingerprint density at radius 1 is 1.32 bits per heavy atom. The first-order valence-corrected chi connectivity index (χ1v) is 5.65. The highest BCUT2D eigenvalue weighted by atomic mass is 16.5. The first-order chi connectivity index (χ1) is 9.19. The minimum atomic E-state index is -0.203. The fraction of sp³-hybridized carbons (Fsp3) is 0.143. The number of carbonyl (C=O) groups excluding carboxylic acids is 2. The van der Waals surface area contributed by atoms with E-state index >= 15 is 0 Å². The largest absolute Gasteiger partial charge is 0.496 e. The van der Waals surface area contributed by atoms with E-state index in [0.29, 0.717) is 28.9 Å². The van der Waals surface area contributed by atoms with Crippen LogP contribution in [0.15, 0.2) is 34.7 Å². The zero-order valence-corrected chi connectivity index (χ0v) is 10.6. The van der Waals surface area contributed by atoms with Gasteiger partial charge in [0.25, 0.3) is 5.91 Å². The topological polar surface area (TPSA) is 68.5 Å². The minimum absolute atomic E-state index is 0.203. The fourth-order valence-electron chi connectivity index (χ4n) is 1.75. The maximum absolute atomic E-state index is 11.6. The minimum Gasteiger partial charge on any atom is -0.496 e. The molecule has 0 unspecified atom stereocenters. The Kier molecular flexibility index (Phi) is 3.66. The molecule has 0 radical (unpaired) electrons. The molecule has 1 aromatic carbocycles. The third kappa shape index (κ3) is 2.49. The van der Waals surface area contributed by atoms with E-state index in [1.54, 1.807) is 37.4 Å². The summed E-state index contributed by atoms with van der Waals surface area (Å²) >= 11 is 0. The highest BCUT2D eigenvalue weighted by Gasteiger charge is 2.13. The maximum Gasteiger partial charge on any atom is 0.251 e. The summed E-state index contributed by atoms with van der Waals surface area (Å²) in [5.74, 6) is 1.07. The molecule has 0 aliphatic rings. The van der Waals surface area contributed by atoms with E-state index in [9.17, 15) is 9.59 Å². The molecule has 2 rings (SSSR count). The molecule has 0 aliphatic heterocycles. The summed E-state index contributed by atoms with van der Waals surface area (Å²) in [4.78, 5) is 22.3. The summed E-state index contributed by atoms with van der Waals surface area (Å²) in [5, 5.41) is 2.55. The monoisotopic (exact) mass is 259 g/mol. The van der Waals surface area contributed by atoms with E-state index in [4.69, 9.17) is 9.15 Å². The van der Waals surface area contributed by atoms with Gasteiger partial charge in [0.15, 0.2) is 12.0 Å². The van der Waals surface area contributed by atoms with Crippen LogP contribution in [0.2, 0.25) is 0 Å². The van der Waals surface area contributed by atoms with Crippen molar-refractivity contribution in [2.75, 3.05) is 14.2 Å². The number of aldehydes is 1. The van der Waals surface area contributed by atoms with Gasteiger partial charge in [-0.1, -0.05) is 0 Å². The van der Waals surface area contributed by atoms with Crippen molar-refractivity contribution in [1.82, 2.24) is 5.32 Å². The Balaban J connectivity index is 2.52. The van der Waals surface area contributed by atoms with Gasteiger partial charge in [0.2, 0.25) is 0 Å². The molecule has 2 aromatic rings. The summed E-state index contributed by atoms with van der Waals surface area (Å²) < 4.78 is 10.6. The Morgan fingerprint density at radius 3 is 2.68 bits per heavy atom. The molecule has 0 atom stereocenters. The average Bonchev–Trinajstić information content (AvgIpc) is 2.94. The van der Waals surface area contributed by atoms with Crippen LogP contribution in [0.1, 0.15) is 20.9 Å². The zero-order chi connectivity index (χ0) is 13.8. The molecule has 0 spiro atoms. The van der Waals surface area contributed by atoms with Gasteiger partial charge in [-0.25, -0.2) is 0 Å². The van der Waals surface area contributed by atoms with E-state index in [2.05, 4.69) is 5.32 Å². The molecule has 0 saturated heterocycles. The van der Waals surface area contributed by atoms with Crippen LogP contribution >= 0.6 is 0 Å². The molecule has 1 heterocycles. The van der Waals surface area contributed by atoms with E-state index in [1.807, 2.05) is 0 Å². The molecule has 0 saturated carbocycles. The number of furan rings is 1. The molecule has 0 bridgehead atoms. The fourth-order valence-corrected chi connectivity index (χ4v) is 1.75. The van der Waals surface area contributed by atoms with Gasteiger partial charge in [-0.05, 0) is 30.3 Å². The van der Waals surface area contributed by atoms with Gasteiger partial charge >= 0.3 is 0 Å². The molecule has 0 aliphatic carbocycles. The molecule has 5 nitrogen and oxygen atoms in total. The Bertz CT molecular complexity index is 616. The van der Waals surface area contributed by atoms with Crippen molar-refractivity contribution in [3.63, 3.8) is 0 Å². The summed E-state index contributed by atoms with van der Waals surface area (Å²) in [6.45, 7) is 0. The number of hydrogen-bond acceptors (Lipinski definition) is 4. The number of ether oxygens (including phenoxy) is 1. The van der Waals surface area contributed by atoms with Crippen molar-refractivity contribution in [1.29, 1.82) is 0 Å². The molecular weight excluding hydrogens is 246 g/mol. The second-order valence-electron chi connectivity index (χ2n) is 3.81. The van der Waals surface area contributed by atoms with Gasteiger partial charge in [0.05, 0.1) is 12.7 Å². The van der Waals surface area contributed by atoms with Crippen LogP contribution < -0.4 is 10.1 Å². The predicted molar refractivity (Wildman–Crippen MR) is 69.5 cm³/mol. The third-order valence-electron chi connectivity index (χ3n) is 2.70. The van der Waals surface area contributed by atoms with E-state index in [-0.39, 0.29) is 11.7 Å². The Labute approximate surface area is 110 Å². The van der Waals surface area contributed by atoms with Gasteiger partial charge in [-0.2, -0.15) is 0 Å². The van der Waals surface area contributed by atoms with Gasteiger partial charge in [0.1, 0.15) is 11.5 Å². The Morgan fingerprint density at radius 2 is 2.11 bits per heavy atom. The standard InChI is InChI=1S/C14H13NO4/c1-15-14(17)9-3-5-12(18-2)11(7-9)13-6-4-10(8-16)19-13/h3-8H,1-2H3,(H,15,17). The van der Waals surface area contributed by atoms with Crippen molar-refractivity contribution in [2.24, 2.45) is 0 Å². The molecule has 1 N–H and O–H groups in total. The molecule has 1 amide bonds. The van der Waals surface area contributed by atoms with Gasteiger partial charge in [-0.3, -0.25) is 9.59 Å². The normalized spacial score (nSPS) is 10.0. The third-order valence-corrected chi connectivity index (χ3v) is 2.70. The number of methoxy groups -OCH3 is 1. The first kappa shape index (κ1) is 12.9. The van der Waals surface area contributed by atoms with Gasteiger partial charge in [-0.15, -0.1) is 0 Å². The lowest BCUT2D eigenvalue weighted by Gasteiger charge is -2.08. The van der Waals surface area contributed by atoms with E-state index < -0.39 is 0 Å². The van der Waals surface area contributed by atoms with Crippen molar-refractivity contribution < 1.29 is 18.7 Å². The highest BCUT2D eigenvalue weighted by molar-refractivity contribution is 5.95. The molecule has 1 aromatic heterocycles. The first-order valence-electron chi connectivity index (χ1n) is 5.65. The summed E-state index contributed by atoms with van der Waals surface area (Å²) in [6, 6.07) is 8.22. The summed E-state index contributed by atoms with van der Waals surface area (Å²) in [5.41, 5.74) is 1.11. The second-order valence-corrected chi connectivity index (χ2v) is 3.81. The lowest BCUT2D eigenvalue weighted by Crippen LogP contribution is -2.17. The maximum atomic E-state index is 11.6. The van der Waals surface area contributed by atoms with Crippen LogP contribution in [0.25, 0.3) is 11.3 Å². The van der Waals surface area contributed by atoms with Crippen LogP contribution in [0.4, 0.5) is 0 Å². The number of amides is 1. The van der Waals surface area contributed by atoms with Crippen LogP contribution in [0, 0.1) is 0 Å². The number of nitrogens with one attached hydrogen (secondary N) is 1. The average molecular weight is 259 g/mol. The quantitative estimate of drug-likeness (QED) is 0.854. The predicted octanol–water partition coefficient (Wildman–Crippen LogP) is 2.13. The van der Waals surface area contributed by atoms with Crippen LogP contribution in [0.5, 0.6) is 5.75 Å². The lowest BCUT2D eigenvalue weighted by molar-refractivity contribution is 0.0962. The SMILES string of the molecule is CNC(=O)c1ccc(OC)c(-c2ccc(C=O)o2)c1. The van der Waals surface area contributed by atoms with E-state index in [0.717, 1.165) is 0 Å². The van der Waals surface area contributed by atoms with Crippen LogP contribution in [-0.2, 0) is 0 Å². The molecule has 98 valence electrons. The van der Waals surface area contributed by atoms with Crippen molar-refractivity contribution >= 4 is 12.2 Å². The highest BCUT2D eigenvalue weighted by Crippen LogP contribution is 2.32. The number of carbonyl (C=O) groups is 2. The smallest absolute Gasteiger partial charge is 0.251 e. The number of rotatable bonds is 4. The lowest BCUT2D eigenvalue weighted by atomic mass is 10.1. The molecule has 5 heteroatoms.